The molecule has 2 aliphatic carbocycles. The van der Waals surface area contributed by atoms with Gasteiger partial charge in [-0.15, -0.1) is 0 Å². The summed E-state index contributed by atoms with van der Waals surface area (Å²) in [4.78, 5) is 9.29. The molecule has 2 saturated carbocycles. The van der Waals surface area contributed by atoms with Gasteiger partial charge in [0.15, 0.2) is 5.13 Å². The minimum Gasteiger partial charge on any atom is -0.392 e. The molecule has 2 N–H and O–H groups in total. The van der Waals surface area contributed by atoms with Gasteiger partial charge < -0.3 is 15.0 Å². The summed E-state index contributed by atoms with van der Waals surface area (Å²) in [6.07, 6.45) is 11.3. The van der Waals surface area contributed by atoms with Crippen LogP contribution in [0.15, 0.2) is 61.1 Å². The van der Waals surface area contributed by atoms with Crippen molar-refractivity contribution in [2.24, 2.45) is 17.3 Å². The summed E-state index contributed by atoms with van der Waals surface area (Å²) in [7, 11) is 0. The number of hydrogen-bond donors (Lipinski definition) is 2. The Hall–Kier alpha value is -2.70. The number of thiazole rings is 1. The summed E-state index contributed by atoms with van der Waals surface area (Å²) in [6.45, 7) is 2.30. The van der Waals surface area contributed by atoms with E-state index in [2.05, 4.69) is 70.3 Å². The summed E-state index contributed by atoms with van der Waals surface area (Å²) >= 11 is 1.76. The van der Waals surface area contributed by atoms with Crippen LogP contribution in [-0.2, 0) is 0 Å². The van der Waals surface area contributed by atoms with E-state index < -0.39 is 0 Å². The van der Waals surface area contributed by atoms with E-state index in [1.165, 1.54) is 40.8 Å². The Morgan fingerprint density at radius 3 is 2.89 bits per heavy atom. The first-order valence-electron chi connectivity index (χ1n) is 13.5. The van der Waals surface area contributed by atoms with Crippen molar-refractivity contribution >= 4 is 26.7 Å². The van der Waals surface area contributed by atoms with Crippen LogP contribution in [0.4, 0.5) is 5.13 Å². The molecule has 0 amide bonds. The molecule has 4 unspecified atom stereocenters. The van der Waals surface area contributed by atoms with E-state index in [4.69, 9.17) is 4.98 Å². The smallest absolute Gasteiger partial charge is 0.184 e. The minimum absolute atomic E-state index is 0.0280. The Labute approximate surface area is 216 Å². The van der Waals surface area contributed by atoms with Crippen LogP contribution < -0.4 is 5.32 Å². The fourth-order valence-electron chi connectivity index (χ4n) is 7.67. The quantitative estimate of drug-likeness (QED) is 0.303. The van der Waals surface area contributed by atoms with Crippen LogP contribution in [0.25, 0.3) is 21.5 Å². The summed E-state index contributed by atoms with van der Waals surface area (Å²) in [5.41, 5.74) is 4.81. The third-order valence-corrected chi connectivity index (χ3v) is 10.5. The van der Waals surface area contributed by atoms with E-state index in [-0.39, 0.29) is 17.6 Å². The highest BCUT2D eigenvalue weighted by molar-refractivity contribution is 7.22. The number of para-hydroxylation sites is 1. The fraction of sp³-hybridized carbons (Fsp3) is 0.467. The van der Waals surface area contributed by atoms with E-state index in [1.807, 2.05) is 12.5 Å². The van der Waals surface area contributed by atoms with Crippen LogP contribution in [0, 0.1) is 17.3 Å². The van der Waals surface area contributed by atoms with Crippen LogP contribution in [0.2, 0.25) is 0 Å². The molecule has 6 atom stereocenters. The average Bonchev–Trinajstić information content (AvgIpc) is 3.61. The Bertz CT molecular complexity index is 1360. The van der Waals surface area contributed by atoms with Gasteiger partial charge in [-0.1, -0.05) is 54.7 Å². The molecule has 2 aromatic heterocycles. The summed E-state index contributed by atoms with van der Waals surface area (Å²) < 4.78 is 3.52. The maximum atomic E-state index is 11.9. The normalized spacial score (nSPS) is 29.6. The van der Waals surface area contributed by atoms with Crippen LogP contribution in [0.5, 0.6) is 0 Å². The average molecular weight is 499 g/mol. The predicted molar refractivity (Wildman–Crippen MR) is 146 cm³/mol. The molecular weight excluding hydrogens is 464 g/mol. The number of hydrogen-bond acceptors (Lipinski definition) is 5. The number of fused-ring (bicyclic) bond motifs is 6. The predicted octanol–water partition coefficient (Wildman–Crippen LogP) is 6.90. The van der Waals surface area contributed by atoms with Crippen LogP contribution in [0.3, 0.4) is 0 Å². The summed E-state index contributed by atoms with van der Waals surface area (Å²) in [6, 6.07) is 17.6. The van der Waals surface area contributed by atoms with Gasteiger partial charge in [0.2, 0.25) is 0 Å². The first-order chi connectivity index (χ1) is 17.6. The monoisotopic (exact) mass is 498 g/mol. The lowest BCUT2D eigenvalue weighted by Crippen LogP contribution is -2.49. The van der Waals surface area contributed by atoms with Gasteiger partial charge in [0.25, 0.3) is 0 Å². The molecule has 0 radical (unpaired) electrons. The molecule has 2 aromatic carbocycles. The highest BCUT2D eigenvalue weighted by atomic mass is 32.1. The topological polar surface area (TPSA) is 63.0 Å². The number of anilines is 1. The summed E-state index contributed by atoms with van der Waals surface area (Å²) in [5, 5.41) is 16.8. The molecule has 3 aliphatic rings. The number of aliphatic hydroxyl groups excluding tert-OH is 1. The Morgan fingerprint density at radius 2 is 2.00 bits per heavy atom. The van der Waals surface area contributed by atoms with Gasteiger partial charge in [0.1, 0.15) is 0 Å². The Balaban J connectivity index is 1.13. The number of aliphatic hydroxyl groups is 1. The third-order valence-electron chi connectivity index (χ3n) is 9.51. The number of nitrogens with zero attached hydrogens (tertiary/aromatic N) is 3. The Morgan fingerprint density at radius 1 is 1.14 bits per heavy atom. The molecule has 36 heavy (non-hydrogen) atoms. The zero-order valence-electron chi connectivity index (χ0n) is 20.8. The highest BCUT2D eigenvalue weighted by Crippen LogP contribution is 2.54. The lowest BCUT2D eigenvalue weighted by Gasteiger charge is -2.52. The first-order valence-corrected chi connectivity index (χ1v) is 14.4. The van der Waals surface area contributed by atoms with Gasteiger partial charge in [-0.25, -0.2) is 9.97 Å². The Kier molecular flexibility index (Phi) is 5.44. The lowest BCUT2D eigenvalue weighted by atomic mass is 9.56. The molecule has 2 bridgehead atoms. The minimum atomic E-state index is -0.333. The number of nitrogens with one attached hydrogen (secondary N) is 1. The number of rotatable bonds is 6. The number of benzene rings is 2. The molecule has 186 valence electrons. The number of aromatic nitrogens is 3. The molecule has 4 aromatic rings. The van der Waals surface area contributed by atoms with Gasteiger partial charge in [0, 0.05) is 11.6 Å². The SMILES string of the molecule is CCC1([C@H](O)C[C@@H]2c3ccccc3-c3cncn32)CC2CCC(Nc3nc4ccccc4s3)C(C2)C1. The lowest BCUT2D eigenvalue weighted by molar-refractivity contribution is -0.0628. The van der Waals surface area contributed by atoms with Crippen molar-refractivity contribution in [2.45, 2.75) is 70.1 Å². The fourth-order valence-corrected chi connectivity index (χ4v) is 8.59. The van der Waals surface area contributed by atoms with Gasteiger partial charge in [0.05, 0.1) is 40.6 Å². The maximum Gasteiger partial charge on any atom is 0.184 e. The molecular formula is C30H34N4OS. The highest BCUT2D eigenvalue weighted by Gasteiger charge is 2.49. The second-order valence-corrected chi connectivity index (χ2v) is 12.4. The van der Waals surface area contributed by atoms with Crippen molar-refractivity contribution in [3.63, 3.8) is 0 Å². The second-order valence-electron chi connectivity index (χ2n) is 11.3. The molecule has 7 rings (SSSR count). The van der Waals surface area contributed by atoms with Crippen LogP contribution >= 0.6 is 11.3 Å². The number of imidazole rings is 1. The van der Waals surface area contributed by atoms with E-state index >= 15 is 0 Å². The van der Waals surface area contributed by atoms with E-state index in [0.29, 0.717) is 17.9 Å². The van der Waals surface area contributed by atoms with Crippen molar-refractivity contribution in [3.05, 3.63) is 66.6 Å². The van der Waals surface area contributed by atoms with Crippen molar-refractivity contribution in [1.29, 1.82) is 0 Å². The molecule has 3 heterocycles. The molecule has 6 heteroatoms. The van der Waals surface area contributed by atoms with Crippen LogP contribution in [0.1, 0.15) is 63.5 Å². The van der Waals surface area contributed by atoms with Crippen LogP contribution in [-0.4, -0.2) is 31.8 Å². The van der Waals surface area contributed by atoms with Gasteiger partial charge in [-0.3, -0.25) is 0 Å². The molecule has 5 nitrogen and oxygen atoms in total. The van der Waals surface area contributed by atoms with Gasteiger partial charge in [-0.2, -0.15) is 0 Å². The maximum absolute atomic E-state index is 11.9. The standard InChI is InChI=1S/C30H34N4OS/c1-2-30(28(35)14-25-21-7-3-4-8-22(21)26-17-31-18-34(25)26)15-19-11-12-23(20(13-19)16-30)32-29-33-24-9-5-6-10-27(24)36-29/h3-10,17-20,23,25,28,35H,2,11-16H2,1H3,(H,32,33)/t19?,20?,23?,25-,28-,30?/m1/s1. The van der Waals surface area contributed by atoms with Gasteiger partial charge in [-0.05, 0) is 79.9 Å². The van der Waals surface area contributed by atoms with Crippen molar-refractivity contribution in [2.75, 3.05) is 5.32 Å². The second kappa shape index (κ2) is 8.70. The van der Waals surface area contributed by atoms with Crippen molar-refractivity contribution in [1.82, 2.24) is 14.5 Å². The van der Waals surface area contributed by atoms with E-state index in [0.717, 1.165) is 36.3 Å². The van der Waals surface area contributed by atoms with Crippen molar-refractivity contribution in [3.8, 4) is 11.3 Å². The van der Waals surface area contributed by atoms with Crippen molar-refractivity contribution < 1.29 is 5.11 Å². The first kappa shape index (κ1) is 22.5. The molecule has 0 spiro atoms. The zero-order chi connectivity index (χ0) is 24.3. The largest absolute Gasteiger partial charge is 0.392 e. The zero-order valence-corrected chi connectivity index (χ0v) is 21.6. The molecule has 1 aliphatic heterocycles. The van der Waals surface area contributed by atoms with Gasteiger partial charge >= 0.3 is 0 Å². The third kappa shape index (κ3) is 3.60. The van der Waals surface area contributed by atoms with E-state index in [1.54, 1.807) is 11.3 Å². The molecule has 0 saturated heterocycles. The summed E-state index contributed by atoms with van der Waals surface area (Å²) in [5.74, 6) is 1.30. The van der Waals surface area contributed by atoms with E-state index in [9.17, 15) is 5.11 Å². The molecule has 2 fully saturated rings.